The Labute approximate surface area is 168 Å². The molecule has 0 unspecified atom stereocenters. The van der Waals surface area contributed by atoms with Crippen molar-refractivity contribution in [3.05, 3.63) is 69.8 Å². The Kier molecular flexibility index (Phi) is 4.94. The summed E-state index contributed by atoms with van der Waals surface area (Å²) in [5.41, 5.74) is 3.63. The zero-order valence-corrected chi connectivity index (χ0v) is 16.5. The van der Waals surface area contributed by atoms with Crippen LogP contribution in [0, 0.1) is 6.92 Å². The topological polar surface area (TPSA) is 36.4 Å². The van der Waals surface area contributed by atoms with Crippen molar-refractivity contribution in [1.29, 1.82) is 0 Å². The normalized spacial score (nSPS) is 14.6. The third-order valence-electron chi connectivity index (χ3n) is 5.01. The standard InChI is InChI=1S/C21H19Cl2N3O/c1-14-2-3-15(12-18(14)23)21(27)26-10-8-25(9-11-26)20-6-7-24-19-13-16(22)4-5-17(19)20/h2-7,12-13H,8-11H2,1H3. The summed E-state index contributed by atoms with van der Waals surface area (Å²) in [4.78, 5) is 21.4. The molecule has 2 heterocycles. The molecule has 0 saturated carbocycles. The highest BCUT2D eigenvalue weighted by atomic mass is 35.5. The number of nitrogens with zero attached hydrogens (tertiary/aromatic N) is 3. The van der Waals surface area contributed by atoms with Gasteiger partial charge in [0.15, 0.2) is 0 Å². The summed E-state index contributed by atoms with van der Waals surface area (Å²) in [7, 11) is 0. The lowest BCUT2D eigenvalue weighted by molar-refractivity contribution is 0.0747. The first-order chi connectivity index (χ1) is 13.0. The Bertz CT molecular complexity index is 1010. The molecule has 1 amide bonds. The van der Waals surface area contributed by atoms with Gasteiger partial charge in [0.2, 0.25) is 0 Å². The van der Waals surface area contributed by atoms with Crippen molar-refractivity contribution < 1.29 is 4.79 Å². The minimum Gasteiger partial charge on any atom is -0.367 e. The van der Waals surface area contributed by atoms with Crippen LogP contribution in [-0.4, -0.2) is 42.0 Å². The first kappa shape index (κ1) is 18.1. The van der Waals surface area contributed by atoms with Gasteiger partial charge in [-0.15, -0.1) is 0 Å². The van der Waals surface area contributed by atoms with Crippen LogP contribution in [0.1, 0.15) is 15.9 Å². The van der Waals surface area contributed by atoms with Crippen LogP contribution in [0.5, 0.6) is 0 Å². The zero-order chi connectivity index (χ0) is 19.0. The third kappa shape index (κ3) is 3.60. The van der Waals surface area contributed by atoms with Crippen molar-refractivity contribution >= 4 is 45.7 Å². The molecule has 3 aromatic rings. The molecule has 0 N–H and O–H groups in total. The van der Waals surface area contributed by atoms with E-state index < -0.39 is 0 Å². The van der Waals surface area contributed by atoms with Crippen LogP contribution >= 0.6 is 23.2 Å². The number of hydrogen-bond acceptors (Lipinski definition) is 3. The molecule has 0 atom stereocenters. The molecule has 1 aromatic heterocycles. The van der Waals surface area contributed by atoms with E-state index in [1.54, 1.807) is 12.3 Å². The summed E-state index contributed by atoms with van der Waals surface area (Å²) in [6.45, 7) is 4.81. The van der Waals surface area contributed by atoms with Gasteiger partial charge in [0.1, 0.15) is 0 Å². The van der Waals surface area contributed by atoms with Crippen molar-refractivity contribution in [1.82, 2.24) is 9.88 Å². The molecule has 2 aromatic carbocycles. The van der Waals surface area contributed by atoms with Crippen LogP contribution in [-0.2, 0) is 0 Å². The van der Waals surface area contributed by atoms with E-state index in [0.29, 0.717) is 28.7 Å². The molecule has 0 spiro atoms. The first-order valence-corrected chi connectivity index (χ1v) is 9.63. The molecule has 1 aliphatic rings. The van der Waals surface area contributed by atoms with Crippen molar-refractivity contribution in [2.45, 2.75) is 6.92 Å². The minimum absolute atomic E-state index is 0.0305. The third-order valence-corrected chi connectivity index (χ3v) is 5.65. The van der Waals surface area contributed by atoms with Gasteiger partial charge in [0.25, 0.3) is 5.91 Å². The smallest absolute Gasteiger partial charge is 0.254 e. The molecule has 0 aliphatic carbocycles. The highest BCUT2D eigenvalue weighted by Crippen LogP contribution is 2.28. The molecule has 138 valence electrons. The maximum absolute atomic E-state index is 12.8. The monoisotopic (exact) mass is 399 g/mol. The van der Waals surface area contributed by atoms with Gasteiger partial charge in [-0.2, -0.15) is 0 Å². The molecule has 27 heavy (non-hydrogen) atoms. The summed E-state index contributed by atoms with van der Waals surface area (Å²) < 4.78 is 0. The van der Waals surface area contributed by atoms with Gasteiger partial charge >= 0.3 is 0 Å². The molecule has 1 fully saturated rings. The van der Waals surface area contributed by atoms with E-state index >= 15 is 0 Å². The number of piperazine rings is 1. The Morgan fingerprint density at radius 3 is 2.52 bits per heavy atom. The predicted octanol–water partition coefficient (Wildman–Crippen LogP) is 4.81. The lowest BCUT2D eigenvalue weighted by Crippen LogP contribution is -2.48. The number of rotatable bonds is 2. The number of carbonyl (C=O) groups is 1. The molecular formula is C21H19Cl2N3O. The van der Waals surface area contributed by atoms with Crippen molar-refractivity contribution in [2.75, 3.05) is 31.1 Å². The second kappa shape index (κ2) is 7.37. The fraction of sp³-hybridized carbons (Fsp3) is 0.238. The highest BCUT2D eigenvalue weighted by Gasteiger charge is 2.23. The predicted molar refractivity (Wildman–Crippen MR) is 111 cm³/mol. The van der Waals surface area contributed by atoms with Crippen LogP contribution in [0.2, 0.25) is 10.0 Å². The van der Waals surface area contributed by atoms with Crippen molar-refractivity contribution in [2.24, 2.45) is 0 Å². The molecule has 0 bridgehead atoms. The zero-order valence-electron chi connectivity index (χ0n) is 15.0. The summed E-state index contributed by atoms with van der Waals surface area (Å²) in [6.07, 6.45) is 1.81. The molecule has 6 heteroatoms. The van der Waals surface area contributed by atoms with Gasteiger partial charge in [0.05, 0.1) is 5.52 Å². The number of halogens is 2. The van der Waals surface area contributed by atoms with Gasteiger partial charge in [0, 0.05) is 59.1 Å². The largest absolute Gasteiger partial charge is 0.367 e. The summed E-state index contributed by atoms with van der Waals surface area (Å²) >= 11 is 12.3. The number of aromatic nitrogens is 1. The molecule has 1 saturated heterocycles. The van der Waals surface area contributed by atoms with Gasteiger partial charge in [-0.1, -0.05) is 29.3 Å². The van der Waals surface area contributed by atoms with Crippen LogP contribution in [0.3, 0.4) is 0 Å². The number of aryl methyl sites for hydroxylation is 1. The Morgan fingerprint density at radius 2 is 1.78 bits per heavy atom. The van der Waals surface area contributed by atoms with Gasteiger partial charge < -0.3 is 9.80 Å². The lowest BCUT2D eigenvalue weighted by Gasteiger charge is -2.36. The number of carbonyl (C=O) groups excluding carboxylic acids is 1. The summed E-state index contributed by atoms with van der Waals surface area (Å²) in [6, 6.07) is 13.3. The number of amides is 1. The van der Waals surface area contributed by atoms with E-state index in [1.165, 1.54) is 0 Å². The van der Waals surface area contributed by atoms with Crippen LogP contribution < -0.4 is 4.90 Å². The van der Waals surface area contributed by atoms with E-state index in [2.05, 4.69) is 9.88 Å². The fourth-order valence-electron chi connectivity index (χ4n) is 3.44. The van der Waals surface area contributed by atoms with E-state index in [4.69, 9.17) is 23.2 Å². The second-order valence-corrected chi connectivity index (χ2v) is 7.58. The van der Waals surface area contributed by atoms with Crippen LogP contribution in [0.25, 0.3) is 10.9 Å². The van der Waals surface area contributed by atoms with E-state index in [1.807, 2.05) is 48.2 Å². The number of pyridine rings is 1. The molecule has 4 nitrogen and oxygen atoms in total. The van der Waals surface area contributed by atoms with Crippen LogP contribution in [0.15, 0.2) is 48.7 Å². The summed E-state index contributed by atoms with van der Waals surface area (Å²) in [5.74, 6) is 0.0305. The Balaban J connectivity index is 1.51. The number of hydrogen-bond donors (Lipinski definition) is 0. The molecule has 0 radical (unpaired) electrons. The maximum atomic E-state index is 12.8. The first-order valence-electron chi connectivity index (χ1n) is 8.87. The van der Waals surface area contributed by atoms with Gasteiger partial charge in [-0.3, -0.25) is 9.78 Å². The molecular weight excluding hydrogens is 381 g/mol. The lowest BCUT2D eigenvalue weighted by atomic mass is 10.1. The quantitative estimate of drug-likeness (QED) is 0.619. The Hall–Kier alpha value is -2.30. The second-order valence-electron chi connectivity index (χ2n) is 6.73. The van der Waals surface area contributed by atoms with E-state index in [0.717, 1.165) is 35.2 Å². The van der Waals surface area contributed by atoms with E-state index in [-0.39, 0.29) is 5.91 Å². The maximum Gasteiger partial charge on any atom is 0.254 e. The van der Waals surface area contributed by atoms with Gasteiger partial charge in [-0.25, -0.2) is 0 Å². The summed E-state index contributed by atoms with van der Waals surface area (Å²) in [5, 5.41) is 2.38. The number of fused-ring (bicyclic) bond motifs is 1. The highest BCUT2D eigenvalue weighted by molar-refractivity contribution is 6.32. The van der Waals surface area contributed by atoms with Gasteiger partial charge in [-0.05, 0) is 48.9 Å². The number of benzene rings is 2. The van der Waals surface area contributed by atoms with E-state index in [9.17, 15) is 4.79 Å². The average Bonchev–Trinajstić information content (AvgIpc) is 2.69. The minimum atomic E-state index is 0.0305. The molecule has 1 aliphatic heterocycles. The van der Waals surface area contributed by atoms with Crippen molar-refractivity contribution in [3.8, 4) is 0 Å². The van der Waals surface area contributed by atoms with Crippen molar-refractivity contribution in [3.63, 3.8) is 0 Å². The Morgan fingerprint density at radius 1 is 1.00 bits per heavy atom. The number of anilines is 1. The van der Waals surface area contributed by atoms with Crippen LogP contribution in [0.4, 0.5) is 5.69 Å². The molecule has 4 rings (SSSR count). The average molecular weight is 400 g/mol. The fourth-order valence-corrected chi connectivity index (χ4v) is 3.79. The SMILES string of the molecule is Cc1ccc(C(=O)N2CCN(c3ccnc4cc(Cl)ccc34)CC2)cc1Cl.